The van der Waals surface area contributed by atoms with Crippen LogP contribution in [-0.2, 0) is 6.42 Å². The molecule has 38 heavy (non-hydrogen) atoms. The Bertz CT molecular complexity index is 1060. The summed E-state index contributed by atoms with van der Waals surface area (Å²) in [6.45, 7) is 4.87. The first-order valence-corrected chi connectivity index (χ1v) is 14.9. The van der Waals surface area contributed by atoms with Gasteiger partial charge in [0.1, 0.15) is 0 Å². The molecule has 0 saturated carbocycles. The van der Waals surface area contributed by atoms with Gasteiger partial charge in [0, 0.05) is 5.56 Å². The second kappa shape index (κ2) is 17.0. The van der Waals surface area contributed by atoms with Crippen LogP contribution in [0.15, 0.2) is 60.7 Å². The van der Waals surface area contributed by atoms with Gasteiger partial charge >= 0.3 is 0 Å². The molecule has 206 valence electrons. The lowest BCUT2D eigenvalue weighted by Gasteiger charge is -2.11. The van der Waals surface area contributed by atoms with Crippen molar-refractivity contribution >= 4 is 0 Å². The third-order valence-corrected chi connectivity index (χ3v) is 7.35. The average Bonchev–Trinajstić information content (AvgIpc) is 2.95. The van der Waals surface area contributed by atoms with E-state index in [0.717, 1.165) is 30.4 Å². The summed E-state index contributed by atoms with van der Waals surface area (Å²) in [6, 6.07) is 19.5. The lowest BCUT2D eigenvalue weighted by molar-refractivity contribution is 0.285. The lowest BCUT2D eigenvalue weighted by atomic mass is 9.98. The van der Waals surface area contributed by atoms with Crippen LogP contribution in [-0.4, -0.2) is 6.61 Å². The molecule has 0 aromatic heterocycles. The van der Waals surface area contributed by atoms with E-state index in [9.17, 15) is 8.78 Å². The van der Waals surface area contributed by atoms with E-state index in [1.54, 1.807) is 12.1 Å². The Morgan fingerprint density at radius 3 is 1.61 bits per heavy atom. The third-order valence-electron chi connectivity index (χ3n) is 7.35. The van der Waals surface area contributed by atoms with E-state index in [4.69, 9.17) is 4.74 Å². The summed E-state index contributed by atoms with van der Waals surface area (Å²) < 4.78 is 35.2. The first-order chi connectivity index (χ1) is 18.6. The molecule has 0 aliphatic carbocycles. The second-order valence-electron chi connectivity index (χ2n) is 10.5. The normalized spacial score (nSPS) is 11.2. The van der Waals surface area contributed by atoms with Gasteiger partial charge in [0.15, 0.2) is 11.6 Å². The van der Waals surface area contributed by atoms with Gasteiger partial charge in [0.05, 0.1) is 6.61 Å². The highest BCUT2D eigenvalue weighted by Gasteiger charge is 2.16. The van der Waals surface area contributed by atoms with E-state index >= 15 is 0 Å². The summed E-state index contributed by atoms with van der Waals surface area (Å²) in [7, 11) is 0. The summed E-state index contributed by atoms with van der Waals surface area (Å²) in [5, 5.41) is 0. The van der Waals surface area contributed by atoms with Crippen molar-refractivity contribution in [3.8, 4) is 28.0 Å². The molecule has 0 aliphatic heterocycles. The van der Waals surface area contributed by atoms with E-state index in [1.807, 2.05) is 24.3 Å². The summed E-state index contributed by atoms with van der Waals surface area (Å²) in [5.41, 5.74) is 4.47. The number of halogens is 2. The number of hydrogen-bond donors (Lipinski definition) is 0. The molecule has 0 saturated heterocycles. The Hall–Kier alpha value is -2.68. The number of benzene rings is 3. The highest BCUT2D eigenvalue weighted by molar-refractivity contribution is 5.71. The molecule has 1 nitrogen and oxygen atoms in total. The minimum Gasteiger partial charge on any atom is -0.490 e. The maximum atomic E-state index is 14.9. The quantitative estimate of drug-likeness (QED) is 0.152. The molecule has 0 N–H and O–H groups in total. The summed E-state index contributed by atoms with van der Waals surface area (Å²) in [6.07, 6.45) is 17.1. The van der Waals surface area contributed by atoms with E-state index in [2.05, 4.69) is 38.1 Å². The van der Waals surface area contributed by atoms with Gasteiger partial charge in [-0.2, -0.15) is 4.39 Å². The first-order valence-electron chi connectivity index (χ1n) is 14.9. The van der Waals surface area contributed by atoms with Gasteiger partial charge in [-0.1, -0.05) is 133 Å². The van der Waals surface area contributed by atoms with Crippen molar-refractivity contribution in [3.63, 3.8) is 0 Å². The molecule has 3 rings (SSSR count). The van der Waals surface area contributed by atoms with Gasteiger partial charge in [-0.3, -0.25) is 0 Å². The monoisotopic (exact) mass is 520 g/mol. The standard InChI is InChI=1S/C35H46F2O/c1-3-5-7-9-11-13-15-27-38-33-26-25-32(34(36)35(33)37)31-23-21-30(22-24-31)29-19-17-28(18-20-29)16-14-12-10-8-6-4-2/h17-26H,3-16,27H2,1-2H3. The van der Waals surface area contributed by atoms with Crippen molar-refractivity contribution in [1.29, 1.82) is 0 Å². The Labute approximate surface area is 229 Å². The van der Waals surface area contributed by atoms with E-state index in [-0.39, 0.29) is 11.3 Å². The fourth-order valence-corrected chi connectivity index (χ4v) is 4.92. The number of unbranched alkanes of at least 4 members (excludes halogenated alkanes) is 11. The van der Waals surface area contributed by atoms with Crippen molar-refractivity contribution in [1.82, 2.24) is 0 Å². The van der Waals surface area contributed by atoms with Crippen LogP contribution < -0.4 is 4.74 Å². The van der Waals surface area contributed by atoms with E-state index in [0.29, 0.717) is 12.2 Å². The van der Waals surface area contributed by atoms with Crippen LogP contribution in [0.5, 0.6) is 5.75 Å². The van der Waals surface area contributed by atoms with Crippen molar-refractivity contribution in [2.45, 2.75) is 104 Å². The van der Waals surface area contributed by atoms with Crippen LogP contribution in [0.3, 0.4) is 0 Å². The molecule has 0 amide bonds. The average molecular weight is 521 g/mol. The van der Waals surface area contributed by atoms with Crippen LogP contribution in [0.4, 0.5) is 8.78 Å². The number of rotatable bonds is 18. The Morgan fingerprint density at radius 2 is 1.00 bits per heavy atom. The number of aryl methyl sites for hydroxylation is 1. The number of ether oxygens (including phenoxy) is 1. The minimum absolute atomic E-state index is 0.00472. The molecule has 0 spiro atoms. The zero-order valence-corrected chi connectivity index (χ0v) is 23.5. The molecule has 0 atom stereocenters. The lowest BCUT2D eigenvalue weighted by Crippen LogP contribution is -2.01. The maximum Gasteiger partial charge on any atom is 0.201 e. The van der Waals surface area contributed by atoms with Crippen molar-refractivity contribution in [3.05, 3.63) is 77.9 Å². The SMILES string of the molecule is CCCCCCCCCOc1ccc(-c2ccc(-c3ccc(CCCCCCCC)cc3)cc2)c(F)c1F. The molecular formula is C35H46F2O. The Morgan fingerprint density at radius 1 is 0.500 bits per heavy atom. The zero-order valence-electron chi connectivity index (χ0n) is 23.5. The van der Waals surface area contributed by atoms with E-state index in [1.165, 1.54) is 76.2 Å². The fraction of sp³-hybridized carbons (Fsp3) is 0.486. The molecule has 3 aromatic carbocycles. The topological polar surface area (TPSA) is 9.23 Å². The van der Waals surface area contributed by atoms with Crippen LogP contribution in [0.1, 0.15) is 103 Å². The highest BCUT2D eigenvalue weighted by atomic mass is 19.2. The predicted octanol–water partition coefficient (Wildman–Crippen LogP) is 11.3. The number of hydrogen-bond acceptors (Lipinski definition) is 1. The highest BCUT2D eigenvalue weighted by Crippen LogP contribution is 2.31. The molecule has 0 unspecified atom stereocenters. The van der Waals surface area contributed by atoms with Gasteiger partial charge in [0.25, 0.3) is 0 Å². The molecule has 3 heteroatoms. The van der Waals surface area contributed by atoms with Gasteiger partial charge < -0.3 is 4.74 Å². The fourth-order valence-electron chi connectivity index (χ4n) is 4.92. The van der Waals surface area contributed by atoms with Gasteiger partial charge in [-0.15, -0.1) is 0 Å². The third kappa shape index (κ3) is 9.57. The zero-order chi connectivity index (χ0) is 27.0. The summed E-state index contributed by atoms with van der Waals surface area (Å²) in [4.78, 5) is 0. The Balaban J connectivity index is 1.51. The molecular weight excluding hydrogens is 474 g/mol. The summed E-state index contributed by atoms with van der Waals surface area (Å²) >= 11 is 0. The summed E-state index contributed by atoms with van der Waals surface area (Å²) in [5.74, 6) is -1.76. The predicted molar refractivity (Wildman–Crippen MR) is 158 cm³/mol. The largest absolute Gasteiger partial charge is 0.490 e. The molecule has 0 fully saturated rings. The van der Waals surface area contributed by atoms with Crippen LogP contribution in [0.2, 0.25) is 0 Å². The van der Waals surface area contributed by atoms with E-state index < -0.39 is 11.6 Å². The second-order valence-corrected chi connectivity index (χ2v) is 10.5. The van der Waals surface area contributed by atoms with Crippen LogP contribution in [0, 0.1) is 11.6 Å². The van der Waals surface area contributed by atoms with Gasteiger partial charge in [-0.05, 0) is 53.6 Å². The van der Waals surface area contributed by atoms with Crippen molar-refractivity contribution in [2.75, 3.05) is 6.61 Å². The molecule has 0 heterocycles. The molecule has 0 aliphatic rings. The van der Waals surface area contributed by atoms with Crippen LogP contribution in [0.25, 0.3) is 22.3 Å². The van der Waals surface area contributed by atoms with Crippen molar-refractivity contribution in [2.24, 2.45) is 0 Å². The molecule has 3 aromatic rings. The molecule has 0 radical (unpaired) electrons. The van der Waals surface area contributed by atoms with Crippen LogP contribution >= 0.6 is 0 Å². The first kappa shape index (κ1) is 29.9. The van der Waals surface area contributed by atoms with Crippen molar-refractivity contribution < 1.29 is 13.5 Å². The van der Waals surface area contributed by atoms with Gasteiger partial charge in [-0.25, -0.2) is 4.39 Å². The molecule has 0 bridgehead atoms. The maximum absolute atomic E-state index is 14.9. The smallest absolute Gasteiger partial charge is 0.201 e. The minimum atomic E-state index is -0.907. The Kier molecular flexibility index (Phi) is 13.4. The van der Waals surface area contributed by atoms with Gasteiger partial charge in [0.2, 0.25) is 5.82 Å².